The van der Waals surface area contributed by atoms with E-state index in [4.69, 9.17) is 10.8 Å². The molecule has 0 aliphatic rings. The van der Waals surface area contributed by atoms with Crippen molar-refractivity contribution < 1.29 is 23.1 Å². The van der Waals surface area contributed by atoms with Crippen molar-refractivity contribution >= 4 is 5.91 Å². The molecule has 2 aromatic carbocycles. The third-order valence-electron chi connectivity index (χ3n) is 4.75. The molecule has 9 heteroatoms. The topological polar surface area (TPSA) is 98.2 Å². The molecular weight excluding hydrogens is 399 g/mol. The third kappa shape index (κ3) is 3.84. The van der Waals surface area contributed by atoms with Crippen LogP contribution in [0.2, 0.25) is 0 Å². The number of primary amides is 1. The minimum absolute atomic E-state index is 0.00282. The molecule has 0 fully saturated rings. The van der Waals surface area contributed by atoms with E-state index in [2.05, 4.69) is 5.10 Å². The zero-order valence-electron chi connectivity index (χ0n) is 15.8. The van der Waals surface area contributed by atoms with E-state index in [-0.39, 0.29) is 16.8 Å². The number of hydrogen-bond acceptors (Lipinski definition) is 4. The number of alkyl halides is 2. The SMILES string of the molecule is C[C@H](c1cc(=O)n(-c2ccccc2)nc1C(N)=O)c1cccc(C(F)(F)CO)c1F. The standard InChI is InChI=1S/C21H18F3N3O3/c1-12(14-8-5-9-16(18(14)22)21(23,24)11-28)15-10-17(29)27(26-19(15)20(25)30)13-6-3-2-4-7-13/h2-10,12,28H,11H2,1H3,(H2,25,30)/t12-/m0/s1. The van der Waals surface area contributed by atoms with Crippen LogP contribution in [0.4, 0.5) is 13.2 Å². The van der Waals surface area contributed by atoms with Crippen molar-refractivity contribution in [3.63, 3.8) is 0 Å². The summed E-state index contributed by atoms with van der Waals surface area (Å²) in [6.45, 7) is -0.127. The van der Waals surface area contributed by atoms with E-state index in [9.17, 15) is 22.8 Å². The van der Waals surface area contributed by atoms with Crippen molar-refractivity contribution in [2.24, 2.45) is 5.73 Å². The number of nitrogens with zero attached hydrogens (tertiary/aromatic N) is 2. The molecule has 0 aliphatic heterocycles. The molecule has 3 aromatic rings. The van der Waals surface area contributed by atoms with Gasteiger partial charge in [0.15, 0.2) is 5.69 Å². The molecule has 0 unspecified atom stereocenters. The molecule has 0 saturated carbocycles. The maximum Gasteiger partial charge on any atom is 0.298 e. The summed E-state index contributed by atoms with van der Waals surface area (Å²) in [4.78, 5) is 24.6. The van der Waals surface area contributed by atoms with E-state index in [0.29, 0.717) is 5.69 Å². The first-order valence-electron chi connectivity index (χ1n) is 8.94. The molecule has 156 valence electrons. The second-order valence-electron chi connectivity index (χ2n) is 6.69. The molecule has 0 radical (unpaired) electrons. The van der Waals surface area contributed by atoms with Gasteiger partial charge in [-0.15, -0.1) is 0 Å². The van der Waals surface area contributed by atoms with Gasteiger partial charge in [0, 0.05) is 12.0 Å². The number of amides is 1. The van der Waals surface area contributed by atoms with Gasteiger partial charge in [-0.05, 0) is 29.3 Å². The van der Waals surface area contributed by atoms with E-state index in [1.54, 1.807) is 30.3 Å². The summed E-state index contributed by atoms with van der Waals surface area (Å²) < 4.78 is 43.6. The second kappa shape index (κ2) is 8.11. The average Bonchev–Trinajstić information content (AvgIpc) is 2.73. The number of nitrogens with two attached hydrogens (primary N) is 1. The monoisotopic (exact) mass is 417 g/mol. The molecule has 0 spiro atoms. The quantitative estimate of drug-likeness (QED) is 0.644. The Morgan fingerprint density at radius 3 is 2.43 bits per heavy atom. The summed E-state index contributed by atoms with van der Waals surface area (Å²) in [7, 11) is 0. The van der Waals surface area contributed by atoms with Crippen molar-refractivity contribution in [3.8, 4) is 5.69 Å². The molecule has 0 saturated heterocycles. The van der Waals surface area contributed by atoms with Crippen LogP contribution in [0.25, 0.3) is 5.69 Å². The first kappa shape index (κ1) is 21.3. The Bertz CT molecular complexity index is 1150. The molecule has 30 heavy (non-hydrogen) atoms. The lowest BCUT2D eigenvalue weighted by atomic mass is 9.89. The Labute approximate surface area is 169 Å². The van der Waals surface area contributed by atoms with Gasteiger partial charge in [-0.1, -0.05) is 37.3 Å². The second-order valence-corrected chi connectivity index (χ2v) is 6.69. The molecule has 3 rings (SSSR count). The van der Waals surface area contributed by atoms with Crippen LogP contribution >= 0.6 is 0 Å². The average molecular weight is 417 g/mol. The summed E-state index contributed by atoms with van der Waals surface area (Å²) in [6.07, 6.45) is 0. The summed E-state index contributed by atoms with van der Waals surface area (Å²) in [5.74, 6) is -6.99. The zero-order valence-corrected chi connectivity index (χ0v) is 15.8. The third-order valence-corrected chi connectivity index (χ3v) is 4.75. The van der Waals surface area contributed by atoms with E-state index >= 15 is 0 Å². The highest BCUT2D eigenvalue weighted by atomic mass is 19.3. The number of hydrogen-bond donors (Lipinski definition) is 2. The van der Waals surface area contributed by atoms with Gasteiger partial charge in [-0.2, -0.15) is 18.6 Å². The van der Waals surface area contributed by atoms with E-state index in [1.807, 2.05) is 0 Å². The van der Waals surface area contributed by atoms with E-state index < -0.39 is 41.3 Å². The largest absolute Gasteiger partial charge is 0.390 e. The van der Waals surface area contributed by atoms with Crippen molar-refractivity contribution in [3.05, 3.63) is 93.2 Å². The number of para-hydroxylation sites is 1. The van der Waals surface area contributed by atoms with Gasteiger partial charge in [0.05, 0.1) is 11.3 Å². The lowest BCUT2D eigenvalue weighted by Crippen LogP contribution is -2.28. The lowest BCUT2D eigenvalue weighted by molar-refractivity contribution is -0.0583. The lowest BCUT2D eigenvalue weighted by Gasteiger charge is -2.20. The van der Waals surface area contributed by atoms with E-state index in [1.165, 1.54) is 19.1 Å². The smallest absolute Gasteiger partial charge is 0.298 e. The van der Waals surface area contributed by atoms with Crippen molar-refractivity contribution in [2.45, 2.75) is 18.8 Å². The first-order valence-corrected chi connectivity index (χ1v) is 8.94. The fourth-order valence-electron chi connectivity index (χ4n) is 3.16. The van der Waals surface area contributed by atoms with Crippen molar-refractivity contribution in [1.29, 1.82) is 0 Å². The van der Waals surface area contributed by atoms with Gasteiger partial charge in [-0.25, -0.2) is 4.39 Å². The molecule has 3 N–H and O–H groups in total. The Kier molecular flexibility index (Phi) is 5.75. The highest BCUT2D eigenvalue weighted by Crippen LogP contribution is 2.35. The van der Waals surface area contributed by atoms with Crippen LogP contribution in [0.5, 0.6) is 0 Å². The van der Waals surface area contributed by atoms with Crippen LogP contribution in [0.15, 0.2) is 59.4 Å². The summed E-state index contributed by atoms with van der Waals surface area (Å²) in [5, 5.41) is 12.9. The zero-order chi connectivity index (χ0) is 22.1. The van der Waals surface area contributed by atoms with Gasteiger partial charge in [0.25, 0.3) is 17.4 Å². The van der Waals surface area contributed by atoms with Crippen LogP contribution < -0.4 is 11.3 Å². The Morgan fingerprint density at radius 1 is 1.17 bits per heavy atom. The van der Waals surface area contributed by atoms with Gasteiger partial charge in [0.1, 0.15) is 12.4 Å². The Hall–Kier alpha value is -3.46. The molecular formula is C21H18F3N3O3. The van der Waals surface area contributed by atoms with Gasteiger partial charge < -0.3 is 10.8 Å². The fourth-order valence-corrected chi connectivity index (χ4v) is 3.16. The van der Waals surface area contributed by atoms with Gasteiger partial charge in [-0.3, -0.25) is 9.59 Å². The molecule has 1 aromatic heterocycles. The maximum atomic E-state index is 14.9. The van der Waals surface area contributed by atoms with E-state index in [0.717, 1.165) is 16.8 Å². The highest BCUT2D eigenvalue weighted by Gasteiger charge is 2.35. The molecule has 1 amide bonds. The number of aliphatic hydroxyl groups excluding tert-OH is 1. The minimum Gasteiger partial charge on any atom is -0.390 e. The molecule has 1 heterocycles. The summed E-state index contributed by atoms with van der Waals surface area (Å²) >= 11 is 0. The van der Waals surface area contributed by atoms with Crippen molar-refractivity contribution in [2.75, 3.05) is 6.61 Å². The number of benzene rings is 2. The minimum atomic E-state index is -3.79. The van der Waals surface area contributed by atoms with Gasteiger partial charge >= 0.3 is 0 Å². The van der Waals surface area contributed by atoms with Crippen molar-refractivity contribution in [1.82, 2.24) is 9.78 Å². The molecule has 1 atom stereocenters. The number of halogens is 3. The highest BCUT2D eigenvalue weighted by molar-refractivity contribution is 5.92. The summed E-state index contributed by atoms with van der Waals surface area (Å²) in [5.41, 5.74) is 3.74. The predicted octanol–water partition coefficient (Wildman–Crippen LogP) is 2.71. The van der Waals surface area contributed by atoms with Crippen LogP contribution in [0.3, 0.4) is 0 Å². The predicted molar refractivity (Wildman–Crippen MR) is 103 cm³/mol. The Balaban J connectivity index is 2.17. The number of carbonyl (C=O) groups excluding carboxylic acids is 1. The molecule has 6 nitrogen and oxygen atoms in total. The fraction of sp³-hybridized carbons (Fsp3) is 0.190. The number of rotatable bonds is 6. The maximum absolute atomic E-state index is 14.9. The van der Waals surface area contributed by atoms with Crippen LogP contribution in [-0.2, 0) is 5.92 Å². The Morgan fingerprint density at radius 2 is 1.83 bits per heavy atom. The number of aliphatic hydroxyl groups is 1. The normalized spacial score (nSPS) is 12.6. The number of aromatic nitrogens is 2. The molecule has 0 bridgehead atoms. The van der Waals surface area contributed by atoms with Crippen LogP contribution in [0.1, 0.15) is 40.0 Å². The first-order chi connectivity index (χ1) is 14.2. The van der Waals surface area contributed by atoms with Crippen LogP contribution in [0, 0.1) is 5.82 Å². The van der Waals surface area contributed by atoms with Gasteiger partial charge in [0.2, 0.25) is 0 Å². The summed E-state index contributed by atoms with van der Waals surface area (Å²) in [6, 6.07) is 12.7. The van der Waals surface area contributed by atoms with Crippen LogP contribution in [-0.4, -0.2) is 27.4 Å². The number of carbonyl (C=O) groups is 1. The molecule has 0 aliphatic carbocycles.